The van der Waals surface area contributed by atoms with Crippen molar-refractivity contribution >= 4 is 11.6 Å². The van der Waals surface area contributed by atoms with E-state index in [4.69, 9.17) is 11.0 Å². The first-order valence-electron chi connectivity index (χ1n) is 5.64. The van der Waals surface area contributed by atoms with Crippen LogP contribution in [0.3, 0.4) is 0 Å². The summed E-state index contributed by atoms with van der Waals surface area (Å²) in [5, 5.41) is 15.2. The Morgan fingerprint density at radius 3 is 2.76 bits per heavy atom. The van der Waals surface area contributed by atoms with E-state index in [0.29, 0.717) is 31.6 Å². The quantitative estimate of drug-likeness (QED) is 0.793. The van der Waals surface area contributed by atoms with Gasteiger partial charge in [-0.05, 0) is 13.3 Å². The van der Waals surface area contributed by atoms with Gasteiger partial charge in [0, 0.05) is 13.1 Å². The minimum Gasteiger partial charge on any atom is -0.395 e. The molecule has 1 aromatic rings. The lowest BCUT2D eigenvalue weighted by Crippen LogP contribution is -2.32. The summed E-state index contributed by atoms with van der Waals surface area (Å²) in [4.78, 5) is 13.7. The van der Waals surface area contributed by atoms with Gasteiger partial charge in [-0.25, -0.2) is 0 Å². The molecule has 0 aliphatic carbocycles. The van der Waals surface area contributed by atoms with E-state index in [1.54, 1.807) is 4.90 Å². The van der Waals surface area contributed by atoms with Gasteiger partial charge in [0.2, 0.25) is 0 Å². The van der Waals surface area contributed by atoms with Crippen molar-refractivity contribution in [1.29, 1.82) is 5.26 Å². The highest BCUT2D eigenvalue weighted by Crippen LogP contribution is 2.16. The lowest BCUT2D eigenvalue weighted by atomic mass is 10.2. The van der Waals surface area contributed by atoms with Crippen LogP contribution in [-0.2, 0) is 6.42 Å². The fraction of sp³-hybridized carbons (Fsp3) is 0.545. The average Bonchev–Trinajstić information content (AvgIpc) is 2.71. The van der Waals surface area contributed by atoms with Crippen LogP contribution in [0, 0.1) is 11.3 Å². The predicted octanol–water partition coefficient (Wildman–Crippen LogP) is 0.930. The molecule has 0 bridgehead atoms. The Morgan fingerprint density at radius 1 is 1.59 bits per heavy atom. The number of anilines is 1. The molecule has 0 spiro atoms. The van der Waals surface area contributed by atoms with Crippen LogP contribution in [0.5, 0.6) is 0 Å². The number of nitriles is 1. The monoisotopic (exact) mass is 235 g/mol. The van der Waals surface area contributed by atoms with Gasteiger partial charge < -0.3 is 10.6 Å². The van der Waals surface area contributed by atoms with Crippen molar-refractivity contribution in [1.82, 2.24) is 15.1 Å². The average molecular weight is 235 g/mol. The third-order valence-electron chi connectivity index (χ3n) is 2.60. The molecule has 0 saturated carbocycles. The Bertz CT molecular complexity index is 432. The maximum atomic E-state index is 12.1. The largest absolute Gasteiger partial charge is 0.395 e. The Balaban J connectivity index is 2.86. The summed E-state index contributed by atoms with van der Waals surface area (Å²) in [5.74, 6) is -0.226. The van der Waals surface area contributed by atoms with Gasteiger partial charge in [-0.15, -0.1) is 0 Å². The molecule has 0 radical (unpaired) electrons. The maximum Gasteiger partial charge on any atom is 0.276 e. The van der Waals surface area contributed by atoms with Gasteiger partial charge in [0.1, 0.15) is 0 Å². The normalized spacial score (nSPS) is 9.94. The predicted molar refractivity (Wildman–Crippen MR) is 64.2 cm³/mol. The number of nitrogens with one attached hydrogen (secondary N) is 1. The van der Waals surface area contributed by atoms with Gasteiger partial charge in [-0.2, -0.15) is 10.4 Å². The second-order valence-electron chi connectivity index (χ2n) is 3.61. The van der Waals surface area contributed by atoms with Crippen molar-refractivity contribution in [3.63, 3.8) is 0 Å². The second kappa shape index (κ2) is 5.89. The van der Waals surface area contributed by atoms with Crippen LogP contribution in [0.4, 0.5) is 5.69 Å². The zero-order chi connectivity index (χ0) is 12.8. The molecule has 0 unspecified atom stereocenters. The number of amides is 1. The van der Waals surface area contributed by atoms with E-state index in [1.165, 1.54) is 0 Å². The van der Waals surface area contributed by atoms with Gasteiger partial charge in [0.15, 0.2) is 5.69 Å². The van der Waals surface area contributed by atoms with Crippen LogP contribution in [0.15, 0.2) is 0 Å². The number of H-pyrrole nitrogens is 1. The second-order valence-corrected chi connectivity index (χ2v) is 3.61. The third kappa shape index (κ3) is 2.75. The fourth-order valence-electron chi connectivity index (χ4n) is 1.56. The summed E-state index contributed by atoms with van der Waals surface area (Å²) < 4.78 is 0. The van der Waals surface area contributed by atoms with E-state index in [9.17, 15) is 4.79 Å². The molecule has 0 aromatic carbocycles. The van der Waals surface area contributed by atoms with Crippen LogP contribution in [0.1, 0.15) is 36.5 Å². The van der Waals surface area contributed by atoms with Crippen molar-refractivity contribution < 1.29 is 4.79 Å². The Hall–Kier alpha value is -2.03. The molecule has 0 atom stereocenters. The summed E-state index contributed by atoms with van der Waals surface area (Å²) >= 11 is 0. The molecule has 0 aliphatic rings. The van der Waals surface area contributed by atoms with Crippen LogP contribution in [0.2, 0.25) is 0 Å². The molecule has 1 aromatic heterocycles. The standard InChI is InChI=1S/C11H17N5O/c1-3-8-9(13)10(15-14-8)11(17)16(4-2)7-5-6-12/h3-5,7,13H2,1-2H3,(H,14,15). The number of carbonyl (C=O) groups excluding carboxylic acids is 1. The van der Waals surface area contributed by atoms with Gasteiger partial charge in [-0.1, -0.05) is 6.92 Å². The molecule has 6 nitrogen and oxygen atoms in total. The first kappa shape index (κ1) is 13.0. The lowest BCUT2D eigenvalue weighted by Gasteiger charge is -2.18. The lowest BCUT2D eigenvalue weighted by molar-refractivity contribution is 0.0763. The summed E-state index contributed by atoms with van der Waals surface area (Å²) in [6, 6.07) is 2.02. The van der Waals surface area contributed by atoms with Crippen molar-refractivity contribution in [2.45, 2.75) is 26.7 Å². The number of nitrogens with zero attached hydrogens (tertiary/aromatic N) is 3. The SMILES string of the molecule is CCc1[nH]nc(C(=O)N(CC)CCC#N)c1N. The van der Waals surface area contributed by atoms with Gasteiger partial charge >= 0.3 is 0 Å². The topological polar surface area (TPSA) is 98.8 Å². The highest BCUT2D eigenvalue weighted by molar-refractivity contribution is 5.97. The smallest absolute Gasteiger partial charge is 0.276 e. The van der Waals surface area contributed by atoms with Crippen LogP contribution in [0.25, 0.3) is 0 Å². The maximum absolute atomic E-state index is 12.1. The third-order valence-corrected chi connectivity index (χ3v) is 2.60. The number of rotatable bonds is 5. The molecule has 1 amide bonds. The minimum absolute atomic E-state index is 0.226. The van der Waals surface area contributed by atoms with Gasteiger partial charge in [0.25, 0.3) is 5.91 Å². The number of nitrogens with two attached hydrogens (primary N) is 1. The van der Waals surface area contributed by atoms with Crippen molar-refractivity contribution in [2.24, 2.45) is 0 Å². The van der Waals surface area contributed by atoms with E-state index < -0.39 is 0 Å². The van der Waals surface area contributed by atoms with Crippen molar-refractivity contribution in [3.05, 3.63) is 11.4 Å². The first-order chi connectivity index (χ1) is 8.15. The fourth-order valence-corrected chi connectivity index (χ4v) is 1.56. The molecule has 92 valence electrons. The zero-order valence-electron chi connectivity index (χ0n) is 10.2. The van der Waals surface area contributed by atoms with Crippen molar-refractivity contribution in [2.75, 3.05) is 18.8 Å². The minimum atomic E-state index is -0.226. The van der Waals surface area contributed by atoms with E-state index in [-0.39, 0.29) is 11.6 Å². The Morgan fingerprint density at radius 2 is 2.29 bits per heavy atom. The summed E-state index contributed by atoms with van der Waals surface area (Å²) in [6.07, 6.45) is 1.01. The molecule has 3 N–H and O–H groups in total. The number of aromatic amines is 1. The van der Waals surface area contributed by atoms with Crippen LogP contribution < -0.4 is 5.73 Å². The van der Waals surface area contributed by atoms with Gasteiger partial charge in [0.05, 0.1) is 23.9 Å². The molecule has 1 rings (SSSR count). The highest BCUT2D eigenvalue weighted by Gasteiger charge is 2.21. The molecular formula is C11H17N5O. The number of aryl methyl sites for hydroxylation is 1. The first-order valence-corrected chi connectivity index (χ1v) is 5.64. The number of carbonyl (C=O) groups is 1. The van der Waals surface area contributed by atoms with Crippen molar-refractivity contribution in [3.8, 4) is 6.07 Å². The van der Waals surface area contributed by atoms with E-state index >= 15 is 0 Å². The Labute approximate surface area is 100 Å². The Kier molecular flexibility index (Phi) is 4.52. The van der Waals surface area contributed by atoms with Gasteiger partial charge in [-0.3, -0.25) is 9.89 Å². The summed E-state index contributed by atoms with van der Waals surface area (Å²) in [7, 11) is 0. The summed E-state index contributed by atoms with van der Waals surface area (Å²) in [5.41, 5.74) is 7.26. The number of hydrogen-bond acceptors (Lipinski definition) is 4. The van der Waals surface area contributed by atoms with Crippen LogP contribution in [-0.4, -0.2) is 34.1 Å². The van der Waals surface area contributed by atoms with E-state index in [1.807, 2.05) is 19.9 Å². The molecular weight excluding hydrogens is 218 g/mol. The zero-order valence-corrected chi connectivity index (χ0v) is 10.2. The highest BCUT2D eigenvalue weighted by atomic mass is 16.2. The number of aromatic nitrogens is 2. The molecule has 6 heteroatoms. The molecule has 17 heavy (non-hydrogen) atoms. The number of nitrogen functional groups attached to an aromatic ring is 1. The summed E-state index contributed by atoms with van der Waals surface area (Å²) in [6.45, 7) is 4.73. The van der Waals surface area contributed by atoms with Crippen LogP contribution >= 0.6 is 0 Å². The molecule has 0 aliphatic heterocycles. The molecule has 0 fully saturated rings. The molecule has 1 heterocycles. The van der Waals surface area contributed by atoms with E-state index in [2.05, 4.69) is 10.2 Å². The number of hydrogen-bond donors (Lipinski definition) is 2. The molecule has 0 saturated heterocycles. The van der Waals surface area contributed by atoms with E-state index in [0.717, 1.165) is 5.69 Å².